The lowest BCUT2D eigenvalue weighted by Crippen LogP contribution is -2.44. The van der Waals surface area contributed by atoms with Gasteiger partial charge in [0.1, 0.15) is 12.2 Å². The topological polar surface area (TPSA) is 54.0 Å². The van der Waals surface area contributed by atoms with E-state index in [4.69, 9.17) is 14.2 Å². The second-order valence-electron chi connectivity index (χ2n) is 5.02. The molecule has 110 valence electrons. The largest absolute Gasteiger partial charge is 0.450 e. The third-order valence-electron chi connectivity index (χ3n) is 2.87. The minimum Gasteiger partial charge on any atom is -0.450 e. The Morgan fingerprint density at radius 3 is 2.47 bits per heavy atom. The summed E-state index contributed by atoms with van der Waals surface area (Å²) in [5.41, 5.74) is 0. The summed E-state index contributed by atoms with van der Waals surface area (Å²) in [5.74, 6) is -1.89. The van der Waals surface area contributed by atoms with Crippen molar-refractivity contribution in [3.05, 3.63) is 0 Å². The Hall–Kier alpha value is -0.860. The van der Waals surface area contributed by atoms with Gasteiger partial charge >= 0.3 is 12.1 Å². The quantitative estimate of drug-likeness (QED) is 0.723. The van der Waals surface area contributed by atoms with E-state index in [0.717, 1.165) is 6.92 Å². The van der Waals surface area contributed by atoms with Gasteiger partial charge in [0, 0.05) is 13.3 Å². The highest BCUT2D eigenvalue weighted by Crippen LogP contribution is 2.41. The summed E-state index contributed by atoms with van der Waals surface area (Å²) in [6.07, 6.45) is -9.78. The van der Waals surface area contributed by atoms with E-state index >= 15 is 0 Å². The molecule has 19 heavy (non-hydrogen) atoms. The molecule has 0 aliphatic carbocycles. The molecular formula is C11H15F3O5. The van der Waals surface area contributed by atoms with Crippen molar-refractivity contribution in [2.75, 3.05) is 0 Å². The normalized spacial score (nSPS) is 34.9. The maximum absolute atomic E-state index is 12.8. The number of halogens is 3. The fourth-order valence-electron chi connectivity index (χ4n) is 2.26. The van der Waals surface area contributed by atoms with Crippen LogP contribution in [0.3, 0.4) is 0 Å². The Labute approximate surface area is 107 Å². The summed E-state index contributed by atoms with van der Waals surface area (Å²) in [4.78, 5) is 10.8. The number of rotatable bonds is 2. The summed E-state index contributed by atoms with van der Waals surface area (Å²) in [6, 6.07) is 0. The molecule has 2 fully saturated rings. The Morgan fingerprint density at radius 2 is 2.00 bits per heavy atom. The highest BCUT2D eigenvalue weighted by atomic mass is 19.4. The highest BCUT2D eigenvalue weighted by molar-refractivity contribution is 5.66. The van der Waals surface area contributed by atoms with E-state index in [2.05, 4.69) is 4.74 Å². The summed E-state index contributed by atoms with van der Waals surface area (Å²) in [6.45, 7) is 4.22. The van der Waals surface area contributed by atoms with E-state index in [9.17, 15) is 18.0 Å². The SMILES string of the molecule is CC(=O)OC([C@@H]1C[C@@H]2OC(C)(C)O[C@@H]2O1)C(F)(F)F. The Morgan fingerprint density at radius 1 is 1.37 bits per heavy atom. The fraction of sp³-hybridized carbons (Fsp3) is 0.909. The van der Waals surface area contributed by atoms with Crippen LogP contribution in [0.15, 0.2) is 0 Å². The molecule has 4 atom stereocenters. The zero-order chi connectivity index (χ0) is 14.4. The zero-order valence-electron chi connectivity index (χ0n) is 10.7. The maximum Gasteiger partial charge on any atom is 0.428 e. The van der Waals surface area contributed by atoms with Gasteiger partial charge in [-0.2, -0.15) is 13.2 Å². The molecule has 2 rings (SSSR count). The summed E-state index contributed by atoms with van der Waals surface area (Å²) >= 11 is 0. The molecule has 0 N–H and O–H groups in total. The second kappa shape index (κ2) is 4.60. The molecule has 0 spiro atoms. The van der Waals surface area contributed by atoms with E-state index in [1.54, 1.807) is 13.8 Å². The number of hydrogen-bond donors (Lipinski definition) is 0. The van der Waals surface area contributed by atoms with Gasteiger partial charge in [-0.1, -0.05) is 0 Å². The van der Waals surface area contributed by atoms with Crippen LogP contribution in [-0.4, -0.2) is 42.5 Å². The molecule has 1 unspecified atom stereocenters. The maximum atomic E-state index is 12.8. The summed E-state index contributed by atoms with van der Waals surface area (Å²) in [7, 11) is 0. The van der Waals surface area contributed by atoms with Crippen molar-refractivity contribution in [2.45, 2.75) is 63.8 Å². The minimum absolute atomic E-state index is 0.0362. The third-order valence-corrected chi connectivity index (χ3v) is 2.87. The molecule has 2 aliphatic heterocycles. The van der Waals surface area contributed by atoms with Gasteiger partial charge in [-0.15, -0.1) is 0 Å². The smallest absolute Gasteiger partial charge is 0.428 e. The Bertz CT molecular complexity index is 352. The fourth-order valence-corrected chi connectivity index (χ4v) is 2.26. The van der Waals surface area contributed by atoms with Crippen molar-refractivity contribution in [2.24, 2.45) is 0 Å². The van der Waals surface area contributed by atoms with Crippen LogP contribution in [-0.2, 0) is 23.7 Å². The van der Waals surface area contributed by atoms with Crippen LogP contribution >= 0.6 is 0 Å². The van der Waals surface area contributed by atoms with Gasteiger partial charge in [-0.05, 0) is 13.8 Å². The second-order valence-corrected chi connectivity index (χ2v) is 5.02. The molecule has 0 bridgehead atoms. The first-order valence-electron chi connectivity index (χ1n) is 5.83. The van der Waals surface area contributed by atoms with E-state index < -0.39 is 42.5 Å². The van der Waals surface area contributed by atoms with Crippen molar-refractivity contribution in [1.82, 2.24) is 0 Å². The van der Waals surface area contributed by atoms with Gasteiger partial charge in [0.2, 0.25) is 6.10 Å². The number of ether oxygens (including phenoxy) is 4. The van der Waals surface area contributed by atoms with E-state index in [0.29, 0.717) is 0 Å². The lowest BCUT2D eigenvalue weighted by molar-refractivity contribution is -0.267. The predicted molar refractivity (Wildman–Crippen MR) is 54.9 cm³/mol. The summed E-state index contributed by atoms with van der Waals surface area (Å²) < 4.78 is 58.7. The average Bonchev–Trinajstić information content (AvgIpc) is 2.64. The lowest BCUT2D eigenvalue weighted by Gasteiger charge is -2.27. The number of fused-ring (bicyclic) bond motifs is 1. The summed E-state index contributed by atoms with van der Waals surface area (Å²) in [5, 5.41) is 0. The molecule has 8 heteroatoms. The van der Waals surface area contributed by atoms with Crippen LogP contribution in [0.1, 0.15) is 27.2 Å². The molecule has 2 aliphatic rings. The van der Waals surface area contributed by atoms with Crippen molar-refractivity contribution in [1.29, 1.82) is 0 Å². The monoisotopic (exact) mass is 284 g/mol. The number of esters is 1. The first kappa shape index (κ1) is 14.5. The molecule has 0 radical (unpaired) electrons. The molecule has 0 amide bonds. The van der Waals surface area contributed by atoms with Gasteiger partial charge in [0.25, 0.3) is 0 Å². The van der Waals surface area contributed by atoms with Crippen LogP contribution in [0.2, 0.25) is 0 Å². The highest BCUT2D eigenvalue weighted by Gasteiger charge is 2.57. The van der Waals surface area contributed by atoms with Crippen LogP contribution in [0.4, 0.5) is 13.2 Å². The van der Waals surface area contributed by atoms with Crippen LogP contribution in [0.25, 0.3) is 0 Å². The van der Waals surface area contributed by atoms with Crippen molar-refractivity contribution in [3.63, 3.8) is 0 Å². The minimum atomic E-state index is -4.69. The van der Waals surface area contributed by atoms with Crippen molar-refractivity contribution < 1.29 is 36.9 Å². The average molecular weight is 284 g/mol. The molecular weight excluding hydrogens is 269 g/mol. The molecule has 2 saturated heterocycles. The number of alkyl halides is 3. The standard InChI is InChI=1S/C11H15F3O5/c1-5(15)16-8(11(12,13)14)6-4-7-9(17-6)19-10(2,3)18-7/h6-9H,4H2,1-3H3/t6-,7-,8?,9-/m0/s1. The number of carbonyl (C=O) groups excluding carboxylic acids is 1. The van der Waals surface area contributed by atoms with E-state index in [1.807, 2.05) is 0 Å². The van der Waals surface area contributed by atoms with Crippen LogP contribution in [0, 0.1) is 0 Å². The molecule has 0 aromatic heterocycles. The van der Waals surface area contributed by atoms with Gasteiger partial charge in [0.15, 0.2) is 12.1 Å². The van der Waals surface area contributed by atoms with E-state index in [-0.39, 0.29) is 6.42 Å². The van der Waals surface area contributed by atoms with Gasteiger partial charge in [-0.25, -0.2) is 0 Å². The molecule has 5 nitrogen and oxygen atoms in total. The predicted octanol–water partition coefficient (Wildman–Crippen LogP) is 1.75. The van der Waals surface area contributed by atoms with E-state index in [1.165, 1.54) is 0 Å². The molecule has 2 heterocycles. The van der Waals surface area contributed by atoms with Crippen molar-refractivity contribution in [3.8, 4) is 0 Å². The van der Waals surface area contributed by atoms with Crippen LogP contribution in [0.5, 0.6) is 0 Å². The number of carbonyl (C=O) groups is 1. The molecule has 0 aromatic rings. The molecule has 0 aromatic carbocycles. The van der Waals surface area contributed by atoms with Gasteiger partial charge in [-0.3, -0.25) is 4.79 Å². The van der Waals surface area contributed by atoms with Gasteiger partial charge in [0.05, 0.1) is 0 Å². The first-order chi connectivity index (χ1) is 8.58. The third kappa shape index (κ3) is 3.18. The number of hydrogen-bond acceptors (Lipinski definition) is 5. The first-order valence-corrected chi connectivity index (χ1v) is 5.83. The van der Waals surface area contributed by atoms with Gasteiger partial charge < -0.3 is 18.9 Å². The van der Waals surface area contributed by atoms with Crippen LogP contribution < -0.4 is 0 Å². The lowest BCUT2D eigenvalue weighted by atomic mass is 10.1. The molecule has 0 saturated carbocycles. The zero-order valence-corrected chi connectivity index (χ0v) is 10.7. The Balaban J connectivity index is 2.05. The van der Waals surface area contributed by atoms with Crippen molar-refractivity contribution >= 4 is 5.97 Å². The Kier molecular flexibility index (Phi) is 3.53.